The first-order valence-corrected chi connectivity index (χ1v) is 12.0. The second-order valence-electron chi connectivity index (χ2n) is 10.0. The van der Waals surface area contributed by atoms with Crippen molar-refractivity contribution in [2.24, 2.45) is 17.1 Å². The van der Waals surface area contributed by atoms with E-state index in [0.29, 0.717) is 6.54 Å². The van der Waals surface area contributed by atoms with Gasteiger partial charge in [0.25, 0.3) is 0 Å². The van der Waals surface area contributed by atoms with Crippen LogP contribution in [0.4, 0.5) is 0 Å². The van der Waals surface area contributed by atoms with Gasteiger partial charge in [-0.15, -0.1) is 0 Å². The highest BCUT2D eigenvalue weighted by atomic mass is 16.2. The molecule has 2 aliphatic rings. The van der Waals surface area contributed by atoms with Gasteiger partial charge in [0.15, 0.2) is 0 Å². The minimum absolute atomic E-state index is 0.0608. The molecule has 2 amide bonds. The molecule has 1 aliphatic carbocycles. The first-order chi connectivity index (χ1) is 15.8. The van der Waals surface area contributed by atoms with Crippen molar-refractivity contribution in [2.45, 2.75) is 58.3 Å². The van der Waals surface area contributed by atoms with Crippen molar-refractivity contribution in [2.75, 3.05) is 13.1 Å². The van der Waals surface area contributed by atoms with Crippen LogP contribution in [0.15, 0.2) is 54.6 Å². The second-order valence-corrected chi connectivity index (χ2v) is 10.0. The van der Waals surface area contributed by atoms with Crippen LogP contribution in [0.1, 0.15) is 49.9 Å². The molecule has 0 radical (unpaired) electrons. The summed E-state index contributed by atoms with van der Waals surface area (Å²) in [5.74, 6) is -0.337. The van der Waals surface area contributed by atoms with Crippen LogP contribution >= 0.6 is 0 Å². The zero-order valence-corrected chi connectivity index (χ0v) is 19.9. The van der Waals surface area contributed by atoms with Crippen LogP contribution in [-0.2, 0) is 22.6 Å². The number of benzene rings is 2. The number of rotatable bonds is 6. The van der Waals surface area contributed by atoms with Crippen LogP contribution in [0.3, 0.4) is 0 Å². The third kappa shape index (κ3) is 4.82. The van der Waals surface area contributed by atoms with Crippen molar-refractivity contribution >= 4 is 11.8 Å². The lowest BCUT2D eigenvalue weighted by molar-refractivity contribution is -0.131. The number of carbonyl (C=O) groups is 2. The average molecular weight is 449 g/mol. The van der Waals surface area contributed by atoms with Gasteiger partial charge in [-0.05, 0) is 50.3 Å². The van der Waals surface area contributed by atoms with Gasteiger partial charge in [-0.3, -0.25) is 14.5 Å². The fourth-order valence-electron chi connectivity index (χ4n) is 5.63. The molecule has 1 spiro atoms. The maximum absolute atomic E-state index is 13.5. The molecule has 2 aromatic carbocycles. The Labute approximate surface area is 196 Å². The fraction of sp³-hybridized carbons (Fsp3) is 0.481. The lowest BCUT2D eigenvalue weighted by atomic mass is 9.62. The van der Waals surface area contributed by atoms with Gasteiger partial charge < -0.3 is 16.4 Å². The van der Waals surface area contributed by atoms with Crippen molar-refractivity contribution in [3.8, 4) is 0 Å². The van der Waals surface area contributed by atoms with E-state index >= 15 is 0 Å². The molecule has 1 heterocycles. The number of likely N-dealkylation sites (tertiary alicyclic amines) is 1. The first-order valence-electron chi connectivity index (χ1n) is 12.0. The summed E-state index contributed by atoms with van der Waals surface area (Å²) >= 11 is 0. The maximum Gasteiger partial charge on any atom is 0.237 e. The molecule has 33 heavy (non-hydrogen) atoms. The minimum Gasteiger partial charge on any atom is -0.354 e. The number of fused-ring (bicyclic) bond motifs is 1. The first kappa shape index (κ1) is 23.5. The Morgan fingerprint density at radius 1 is 1.09 bits per heavy atom. The number of nitrogens with one attached hydrogen (secondary N) is 2. The van der Waals surface area contributed by atoms with Crippen molar-refractivity contribution < 1.29 is 9.59 Å². The molecule has 176 valence electrons. The number of amides is 2. The zero-order chi connectivity index (χ0) is 23.6. The number of hydrogen-bond acceptors (Lipinski definition) is 4. The van der Waals surface area contributed by atoms with Crippen molar-refractivity contribution in [1.82, 2.24) is 15.5 Å². The van der Waals surface area contributed by atoms with E-state index in [2.05, 4.69) is 39.8 Å². The average Bonchev–Trinajstić information content (AvgIpc) is 3.14. The molecular formula is C27H36N4O2. The smallest absolute Gasteiger partial charge is 0.237 e. The fourth-order valence-corrected chi connectivity index (χ4v) is 5.63. The van der Waals surface area contributed by atoms with Gasteiger partial charge in [0, 0.05) is 31.1 Å². The van der Waals surface area contributed by atoms with Gasteiger partial charge in [-0.2, -0.15) is 0 Å². The summed E-state index contributed by atoms with van der Waals surface area (Å²) < 4.78 is 0. The third-order valence-electron chi connectivity index (χ3n) is 7.15. The Balaban J connectivity index is 1.74. The van der Waals surface area contributed by atoms with Crippen molar-refractivity contribution in [3.63, 3.8) is 0 Å². The summed E-state index contributed by atoms with van der Waals surface area (Å²) in [5, 5.41) is 6.42. The number of nitrogens with zero attached hydrogens (tertiary/aromatic N) is 1. The summed E-state index contributed by atoms with van der Waals surface area (Å²) in [6.45, 7) is 7.88. The summed E-state index contributed by atoms with van der Waals surface area (Å²) in [5.41, 5.74) is 9.13. The Bertz CT molecular complexity index is 991. The lowest BCUT2D eigenvalue weighted by Crippen LogP contribution is -2.54. The van der Waals surface area contributed by atoms with E-state index in [1.165, 1.54) is 11.1 Å². The summed E-state index contributed by atoms with van der Waals surface area (Å²) in [4.78, 5) is 28.7. The quantitative estimate of drug-likeness (QED) is 0.634. The number of hydrogen-bond donors (Lipinski definition) is 3. The Morgan fingerprint density at radius 3 is 2.48 bits per heavy atom. The third-order valence-corrected chi connectivity index (χ3v) is 7.15. The van der Waals surface area contributed by atoms with Crippen LogP contribution in [0.25, 0.3) is 0 Å². The van der Waals surface area contributed by atoms with Crippen LogP contribution in [0, 0.1) is 11.3 Å². The largest absolute Gasteiger partial charge is 0.354 e. The number of carbonyl (C=O) groups excluding carboxylic acids is 2. The molecule has 1 saturated heterocycles. The Kier molecular flexibility index (Phi) is 6.86. The molecule has 0 bridgehead atoms. The SMILES string of the molecule is CC(C)NC(=O)[C@@H]1CN(Cc2ccccc2)C[C@]12CCc1ccccc1[C@H]2NC(=O)[C@@H](C)N. The molecule has 6 heteroatoms. The highest BCUT2D eigenvalue weighted by Crippen LogP contribution is 2.53. The molecule has 1 aliphatic heterocycles. The van der Waals surface area contributed by atoms with E-state index in [1.54, 1.807) is 6.92 Å². The summed E-state index contributed by atoms with van der Waals surface area (Å²) in [6, 6.07) is 17.8. The molecular weight excluding hydrogens is 412 g/mol. The van der Waals surface area contributed by atoms with E-state index in [4.69, 9.17) is 5.73 Å². The topological polar surface area (TPSA) is 87.5 Å². The molecule has 4 atom stereocenters. The van der Waals surface area contributed by atoms with Gasteiger partial charge in [0.2, 0.25) is 11.8 Å². The van der Waals surface area contributed by atoms with E-state index < -0.39 is 11.5 Å². The highest BCUT2D eigenvalue weighted by Gasteiger charge is 2.56. The molecule has 1 fully saturated rings. The highest BCUT2D eigenvalue weighted by molar-refractivity contribution is 5.83. The molecule has 0 aromatic heterocycles. The van der Waals surface area contributed by atoms with E-state index in [9.17, 15) is 9.59 Å². The molecule has 2 aromatic rings. The Morgan fingerprint density at radius 2 is 1.79 bits per heavy atom. The summed E-state index contributed by atoms with van der Waals surface area (Å²) in [7, 11) is 0. The normalized spacial score (nSPS) is 25.6. The monoisotopic (exact) mass is 448 g/mol. The molecule has 4 rings (SSSR count). The Hall–Kier alpha value is -2.70. The lowest BCUT2D eigenvalue weighted by Gasteiger charge is -2.46. The van der Waals surface area contributed by atoms with Crippen molar-refractivity contribution in [1.29, 1.82) is 0 Å². The second kappa shape index (κ2) is 9.65. The van der Waals surface area contributed by atoms with Crippen LogP contribution < -0.4 is 16.4 Å². The van der Waals surface area contributed by atoms with Crippen LogP contribution in [-0.4, -0.2) is 41.9 Å². The minimum atomic E-state index is -0.610. The molecule has 0 unspecified atom stereocenters. The number of nitrogens with two attached hydrogens (primary N) is 1. The van der Waals surface area contributed by atoms with Crippen LogP contribution in [0.2, 0.25) is 0 Å². The standard InChI is InChI=1S/C27H36N4O2/c1-18(2)29-26(33)23-16-31(15-20-9-5-4-6-10-20)17-27(23)14-13-21-11-7-8-12-22(21)24(27)30-25(32)19(3)28/h4-12,18-19,23-24H,13-17,28H2,1-3H3,(H,29,33)(H,30,32)/t19-,23+,24-,27-/m1/s1. The van der Waals surface area contributed by atoms with Gasteiger partial charge in [0.1, 0.15) is 0 Å². The van der Waals surface area contributed by atoms with Gasteiger partial charge in [0.05, 0.1) is 18.0 Å². The predicted octanol–water partition coefficient (Wildman–Crippen LogP) is 2.78. The number of aryl methyl sites for hydroxylation is 1. The molecule has 4 N–H and O–H groups in total. The van der Waals surface area contributed by atoms with Crippen LogP contribution in [0.5, 0.6) is 0 Å². The van der Waals surface area contributed by atoms with E-state index in [-0.39, 0.29) is 29.8 Å². The summed E-state index contributed by atoms with van der Waals surface area (Å²) in [6.07, 6.45) is 1.74. The maximum atomic E-state index is 13.5. The molecule has 0 saturated carbocycles. The van der Waals surface area contributed by atoms with Gasteiger partial charge >= 0.3 is 0 Å². The van der Waals surface area contributed by atoms with Gasteiger partial charge in [-0.1, -0.05) is 54.6 Å². The van der Waals surface area contributed by atoms with Crippen molar-refractivity contribution in [3.05, 3.63) is 71.3 Å². The van der Waals surface area contributed by atoms with Gasteiger partial charge in [-0.25, -0.2) is 0 Å². The van der Waals surface area contributed by atoms with E-state index in [0.717, 1.165) is 31.5 Å². The zero-order valence-electron chi connectivity index (χ0n) is 19.9. The predicted molar refractivity (Wildman–Crippen MR) is 130 cm³/mol. The van der Waals surface area contributed by atoms with E-state index in [1.807, 2.05) is 44.2 Å². The molecule has 6 nitrogen and oxygen atoms in total.